The molecule has 0 radical (unpaired) electrons. The predicted molar refractivity (Wildman–Crippen MR) is 88.5 cm³/mol. The lowest BCUT2D eigenvalue weighted by Crippen LogP contribution is -2.64. The second-order valence-corrected chi connectivity index (χ2v) is 6.90. The largest absolute Gasteiger partial charge is 0.491 e. The first kappa shape index (κ1) is 17.2. The molecule has 1 aromatic rings. The molecule has 6 heteroatoms. The van der Waals surface area contributed by atoms with Gasteiger partial charge in [-0.25, -0.2) is 4.79 Å². The van der Waals surface area contributed by atoms with E-state index in [-0.39, 0.29) is 23.8 Å². The van der Waals surface area contributed by atoms with Gasteiger partial charge < -0.3 is 19.7 Å². The van der Waals surface area contributed by atoms with Crippen molar-refractivity contribution in [1.29, 1.82) is 0 Å². The van der Waals surface area contributed by atoms with E-state index in [0.29, 0.717) is 12.3 Å². The summed E-state index contributed by atoms with van der Waals surface area (Å²) in [5, 5.41) is 19.2. The molecule has 24 heavy (non-hydrogen) atoms. The standard InChI is InChI=1S/C18H25NO5/c1-13-9-19(18(12-24-13)7-2-8-18)10-15(20)11-23-16-5-3-14(4-6-16)17(21)22/h3-6,13,15,20H,2,7-12H2,1H3,(H,21,22). The van der Waals surface area contributed by atoms with Crippen molar-refractivity contribution < 1.29 is 24.5 Å². The van der Waals surface area contributed by atoms with Crippen molar-refractivity contribution in [3.63, 3.8) is 0 Å². The number of hydrogen-bond acceptors (Lipinski definition) is 5. The summed E-state index contributed by atoms with van der Waals surface area (Å²) < 4.78 is 11.4. The molecule has 0 amide bonds. The normalized spacial score (nSPS) is 24.3. The minimum absolute atomic E-state index is 0.108. The van der Waals surface area contributed by atoms with Crippen LogP contribution in [0.15, 0.2) is 24.3 Å². The summed E-state index contributed by atoms with van der Waals surface area (Å²) in [5.74, 6) is -0.401. The lowest BCUT2D eigenvalue weighted by Gasteiger charge is -2.54. The lowest BCUT2D eigenvalue weighted by molar-refractivity contribution is -0.147. The average molecular weight is 335 g/mol. The smallest absolute Gasteiger partial charge is 0.335 e. The summed E-state index contributed by atoms with van der Waals surface area (Å²) >= 11 is 0. The lowest BCUT2D eigenvalue weighted by atomic mass is 9.74. The van der Waals surface area contributed by atoms with Gasteiger partial charge in [-0.2, -0.15) is 0 Å². The second-order valence-electron chi connectivity index (χ2n) is 6.90. The zero-order valence-corrected chi connectivity index (χ0v) is 14.0. The van der Waals surface area contributed by atoms with Crippen molar-refractivity contribution in [3.05, 3.63) is 29.8 Å². The number of aliphatic hydroxyl groups excluding tert-OH is 1. The van der Waals surface area contributed by atoms with Crippen LogP contribution >= 0.6 is 0 Å². The molecular weight excluding hydrogens is 310 g/mol. The van der Waals surface area contributed by atoms with Crippen LogP contribution in [-0.2, 0) is 4.74 Å². The summed E-state index contributed by atoms with van der Waals surface area (Å²) in [6, 6.07) is 6.22. The van der Waals surface area contributed by atoms with Crippen LogP contribution in [0, 0.1) is 0 Å². The molecule has 2 unspecified atom stereocenters. The number of benzene rings is 1. The van der Waals surface area contributed by atoms with E-state index in [1.54, 1.807) is 12.1 Å². The molecule has 1 saturated heterocycles. The molecule has 1 saturated carbocycles. The zero-order valence-electron chi connectivity index (χ0n) is 14.0. The highest BCUT2D eigenvalue weighted by Crippen LogP contribution is 2.40. The molecule has 2 fully saturated rings. The van der Waals surface area contributed by atoms with Crippen molar-refractivity contribution in [3.8, 4) is 5.75 Å². The van der Waals surface area contributed by atoms with Crippen LogP contribution in [0.5, 0.6) is 5.75 Å². The van der Waals surface area contributed by atoms with Crippen LogP contribution in [0.1, 0.15) is 36.5 Å². The van der Waals surface area contributed by atoms with Crippen LogP contribution in [-0.4, -0.2) is 65.1 Å². The molecule has 0 aromatic heterocycles. The van der Waals surface area contributed by atoms with E-state index in [9.17, 15) is 9.90 Å². The van der Waals surface area contributed by atoms with E-state index in [2.05, 4.69) is 11.8 Å². The van der Waals surface area contributed by atoms with Gasteiger partial charge in [0.25, 0.3) is 0 Å². The highest BCUT2D eigenvalue weighted by Gasteiger charge is 2.46. The van der Waals surface area contributed by atoms with Gasteiger partial charge >= 0.3 is 5.97 Å². The molecule has 0 bridgehead atoms. The van der Waals surface area contributed by atoms with Crippen LogP contribution in [0.25, 0.3) is 0 Å². The summed E-state index contributed by atoms with van der Waals surface area (Å²) in [6.07, 6.45) is 3.07. The van der Waals surface area contributed by atoms with Crippen molar-refractivity contribution in [2.75, 3.05) is 26.3 Å². The number of carboxylic acid groups (broad SMARTS) is 1. The van der Waals surface area contributed by atoms with Gasteiger partial charge in [0.1, 0.15) is 18.5 Å². The molecule has 1 aliphatic heterocycles. The number of hydrogen-bond donors (Lipinski definition) is 2. The van der Waals surface area contributed by atoms with Gasteiger partial charge in [-0.05, 0) is 50.5 Å². The van der Waals surface area contributed by atoms with Gasteiger partial charge in [0.2, 0.25) is 0 Å². The van der Waals surface area contributed by atoms with Crippen molar-refractivity contribution >= 4 is 5.97 Å². The van der Waals surface area contributed by atoms with E-state index < -0.39 is 12.1 Å². The number of aromatic carboxylic acids is 1. The number of β-amino-alcohol motifs (C(OH)–C–C–N with tert-alkyl or cyclic N) is 1. The van der Waals surface area contributed by atoms with E-state index in [1.165, 1.54) is 18.6 Å². The summed E-state index contributed by atoms with van der Waals surface area (Å²) in [5.41, 5.74) is 0.327. The first-order valence-electron chi connectivity index (χ1n) is 8.49. The Morgan fingerprint density at radius 2 is 2.12 bits per heavy atom. The molecule has 1 spiro atoms. The Kier molecular flexibility index (Phi) is 5.08. The third kappa shape index (κ3) is 3.71. The summed E-state index contributed by atoms with van der Waals surface area (Å²) in [7, 11) is 0. The Balaban J connectivity index is 1.51. The number of morpholine rings is 1. The highest BCUT2D eigenvalue weighted by molar-refractivity contribution is 5.87. The monoisotopic (exact) mass is 335 g/mol. The van der Waals surface area contributed by atoms with Crippen LogP contribution in [0.2, 0.25) is 0 Å². The maximum atomic E-state index is 10.8. The summed E-state index contributed by atoms with van der Waals surface area (Å²) in [6.45, 7) is 4.41. The van der Waals surface area contributed by atoms with Gasteiger partial charge in [0.05, 0.1) is 18.3 Å². The van der Waals surface area contributed by atoms with Crippen LogP contribution < -0.4 is 4.74 Å². The zero-order chi connectivity index (χ0) is 17.2. The molecule has 3 rings (SSSR count). The molecule has 2 aliphatic rings. The minimum atomic E-state index is -0.964. The third-order valence-corrected chi connectivity index (χ3v) is 5.04. The Labute approximate surface area is 142 Å². The Morgan fingerprint density at radius 3 is 2.71 bits per heavy atom. The van der Waals surface area contributed by atoms with Gasteiger partial charge in [-0.3, -0.25) is 4.90 Å². The fourth-order valence-electron chi connectivity index (χ4n) is 3.45. The minimum Gasteiger partial charge on any atom is -0.491 e. The third-order valence-electron chi connectivity index (χ3n) is 5.04. The maximum absolute atomic E-state index is 10.8. The van der Waals surface area contributed by atoms with Gasteiger partial charge in [-0.15, -0.1) is 0 Å². The maximum Gasteiger partial charge on any atom is 0.335 e. The Bertz CT molecular complexity index is 569. The van der Waals surface area contributed by atoms with E-state index in [0.717, 1.165) is 26.0 Å². The Morgan fingerprint density at radius 1 is 1.42 bits per heavy atom. The predicted octanol–water partition coefficient (Wildman–Crippen LogP) is 1.77. The molecule has 6 nitrogen and oxygen atoms in total. The fourth-order valence-corrected chi connectivity index (χ4v) is 3.45. The van der Waals surface area contributed by atoms with Gasteiger partial charge in [-0.1, -0.05) is 0 Å². The number of nitrogens with zero attached hydrogens (tertiary/aromatic N) is 1. The van der Waals surface area contributed by atoms with E-state index >= 15 is 0 Å². The average Bonchev–Trinajstić information content (AvgIpc) is 2.52. The van der Waals surface area contributed by atoms with Crippen molar-refractivity contribution in [2.45, 2.75) is 43.9 Å². The first-order chi connectivity index (χ1) is 11.5. The number of carbonyl (C=O) groups is 1. The first-order valence-corrected chi connectivity index (χ1v) is 8.49. The molecule has 1 aromatic carbocycles. The number of carboxylic acids is 1. The topological polar surface area (TPSA) is 79.2 Å². The van der Waals surface area contributed by atoms with Gasteiger partial charge in [0.15, 0.2) is 0 Å². The van der Waals surface area contributed by atoms with Crippen molar-refractivity contribution in [2.24, 2.45) is 0 Å². The summed E-state index contributed by atoms with van der Waals surface area (Å²) in [4.78, 5) is 13.2. The number of aliphatic hydroxyl groups is 1. The molecule has 1 aliphatic carbocycles. The molecule has 1 heterocycles. The van der Waals surface area contributed by atoms with Crippen LogP contribution in [0.3, 0.4) is 0 Å². The molecular formula is C18H25NO5. The highest BCUT2D eigenvalue weighted by atomic mass is 16.5. The number of ether oxygens (including phenoxy) is 2. The molecule has 132 valence electrons. The second kappa shape index (κ2) is 7.09. The SMILES string of the molecule is CC1CN(CC(O)COc2ccc(C(=O)O)cc2)C2(CCC2)CO1. The quantitative estimate of drug-likeness (QED) is 0.825. The number of rotatable bonds is 6. The Hall–Kier alpha value is -1.63. The van der Waals surface area contributed by atoms with Crippen molar-refractivity contribution in [1.82, 2.24) is 4.90 Å². The van der Waals surface area contributed by atoms with Gasteiger partial charge in [0, 0.05) is 18.6 Å². The molecule has 2 N–H and O–H groups in total. The van der Waals surface area contributed by atoms with E-state index in [1.807, 2.05) is 0 Å². The van der Waals surface area contributed by atoms with Crippen LogP contribution in [0.4, 0.5) is 0 Å². The van der Waals surface area contributed by atoms with E-state index in [4.69, 9.17) is 14.6 Å². The fraction of sp³-hybridized carbons (Fsp3) is 0.611. The molecule has 2 atom stereocenters.